The fourth-order valence-electron chi connectivity index (χ4n) is 1.86. The molecule has 106 valence electrons. The average molecular weight is 275 g/mol. The number of benzene rings is 1. The SMILES string of the molecule is CCOC(=O)c1nnn(-c2ccccc2OCC)c1C. The molecule has 6 nitrogen and oxygen atoms in total. The topological polar surface area (TPSA) is 66.2 Å². The van der Waals surface area contributed by atoms with Gasteiger partial charge >= 0.3 is 5.97 Å². The minimum Gasteiger partial charge on any atom is -0.492 e. The number of esters is 1. The van der Waals surface area contributed by atoms with Crippen molar-refractivity contribution in [3.05, 3.63) is 35.7 Å². The summed E-state index contributed by atoms with van der Waals surface area (Å²) in [5, 5.41) is 7.91. The second-order valence-corrected chi connectivity index (χ2v) is 4.06. The van der Waals surface area contributed by atoms with E-state index in [2.05, 4.69) is 10.3 Å². The van der Waals surface area contributed by atoms with E-state index in [0.717, 1.165) is 5.69 Å². The zero-order chi connectivity index (χ0) is 14.5. The van der Waals surface area contributed by atoms with Gasteiger partial charge in [0.25, 0.3) is 0 Å². The first-order valence-corrected chi connectivity index (χ1v) is 6.50. The summed E-state index contributed by atoms with van der Waals surface area (Å²) >= 11 is 0. The third-order valence-corrected chi connectivity index (χ3v) is 2.76. The van der Waals surface area contributed by atoms with Crippen molar-refractivity contribution in [3.8, 4) is 11.4 Å². The molecule has 0 atom stereocenters. The van der Waals surface area contributed by atoms with Crippen molar-refractivity contribution in [2.75, 3.05) is 13.2 Å². The van der Waals surface area contributed by atoms with Crippen LogP contribution < -0.4 is 4.74 Å². The van der Waals surface area contributed by atoms with Crippen LogP contribution in [0.2, 0.25) is 0 Å². The highest BCUT2D eigenvalue weighted by Gasteiger charge is 2.19. The predicted octanol–water partition coefficient (Wildman–Crippen LogP) is 2.15. The van der Waals surface area contributed by atoms with Gasteiger partial charge in [0, 0.05) is 0 Å². The van der Waals surface area contributed by atoms with Gasteiger partial charge in [0.2, 0.25) is 0 Å². The van der Waals surface area contributed by atoms with E-state index in [1.54, 1.807) is 18.5 Å². The largest absolute Gasteiger partial charge is 0.492 e. The summed E-state index contributed by atoms with van der Waals surface area (Å²) in [5.74, 6) is 0.226. The molecule has 0 spiro atoms. The van der Waals surface area contributed by atoms with Crippen LogP contribution in [0.4, 0.5) is 0 Å². The van der Waals surface area contributed by atoms with Gasteiger partial charge in [0.1, 0.15) is 11.4 Å². The van der Waals surface area contributed by atoms with Crippen LogP contribution in [0.15, 0.2) is 24.3 Å². The lowest BCUT2D eigenvalue weighted by molar-refractivity contribution is 0.0518. The Bertz CT molecular complexity index is 607. The summed E-state index contributed by atoms with van der Waals surface area (Å²) in [4.78, 5) is 11.8. The minimum atomic E-state index is -0.467. The van der Waals surface area contributed by atoms with E-state index >= 15 is 0 Å². The van der Waals surface area contributed by atoms with E-state index in [1.807, 2.05) is 31.2 Å². The van der Waals surface area contributed by atoms with E-state index < -0.39 is 5.97 Å². The molecule has 20 heavy (non-hydrogen) atoms. The Morgan fingerprint density at radius 1 is 1.25 bits per heavy atom. The number of ether oxygens (including phenoxy) is 2. The first-order valence-electron chi connectivity index (χ1n) is 6.50. The summed E-state index contributed by atoms with van der Waals surface area (Å²) in [6.45, 7) is 6.29. The Kier molecular flexibility index (Phi) is 4.34. The molecule has 0 fully saturated rings. The maximum absolute atomic E-state index is 11.8. The minimum absolute atomic E-state index is 0.221. The number of nitrogens with zero attached hydrogens (tertiary/aromatic N) is 3. The number of para-hydroxylation sites is 2. The van der Waals surface area contributed by atoms with Crippen LogP contribution in [0.3, 0.4) is 0 Å². The van der Waals surface area contributed by atoms with E-state index in [4.69, 9.17) is 9.47 Å². The maximum Gasteiger partial charge on any atom is 0.360 e. The summed E-state index contributed by atoms with van der Waals surface area (Å²) in [6.07, 6.45) is 0. The van der Waals surface area contributed by atoms with Gasteiger partial charge in [-0.3, -0.25) is 0 Å². The number of carbonyl (C=O) groups is 1. The number of rotatable bonds is 5. The Morgan fingerprint density at radius 3 is 2.70 bits per heavy atom. The molecule has 0 aliphatic carbocycles. The quantitative estimate of drug-likeness (QED) is 0.782. The molecule has 0 aliphatic heterocycles. The first-order chi connectivity index (χ1) is 9.69. The summed E-state index contributed by atoms with van der Waals surface area (Å²) in [5.41, 5.74) is 1.59. The van der Waals surface area contributed by atoms with Gasteiger partial charge in [0.15, 0.2) is 5.69 Å². The van der Waals surface area contributed by atoms with Crippen molar-refractivity contribution in [1.82, 2.24) is 15.0 Å². The van der Waals surface area contributed by atoms with Gasteiger partial charge in [-0.25, -0.2) is 9.48 Å². The van der Waals surface area contributed by atoms with Crippen molar-refractivity contribution in [1.29, 1.82) is 0 Å². The molecule has 6 heteroatoms. The van der Waals surface area contributed by atoms with E-state index in [0.29, 0.717) is 24.7 Å². The lowest BCUT2D eigenvalue weighted by Gasteiger charge is -2.10. The van der Waals surface area contributed by atoms with Gasteiger partial charge in [-0.05, 0) is 32.9 Å². The molecule has 0 amide bonds. The molecule has 0 bridgehead atoms. The number of hydrogen-bond donors (Lipinski definition) is 0. The third-order valence-electron chi connectivity index (χ3n) is 2.76. The molecular weight excluding hydrogens is 258 g/mol. The zero-order valence-corrected chi connectivity index (χ0v) is 11.8. The van der Waals surface area contributed by atoms with Crippen LogP contribution in [-0.4, -0.2) is 34.2 Å². The van der Waals surface area contributed by atoms with Gasteiger partial charge in [0.05, 0.1) is 18.9 Å². The highest BCUT2D eigenvalue weighted by atomic mass is 16.5. The van der Waals surface area contributed by atoms with E-state index in [1.165, 1.54) is 0 Å². The van der Waals surface area contributed by atoms with Crippen molar-refractivity contribution in [2.24, 2.45) is 0 Å². The van der Waals surface area contributed by atoms with Crippen molar-refractivity contribution >= 4 is 5.97 Å². The molecule has 1 heterocycles. The molecule has 0 N–H and O–H groups in total. The van der Waals surface area contributed by atoms with Crippen LogP contribution in [0.1, 0.15) is 30.0 Å². The monoisotopic (exact) mass is 275 g/mol. The molecule has 1 aromatic heterocycles. The van der Waals surface area contributed by atoms with E-state index in [9.17, 15) is 4.79 Å². The molecule has 0 saturated heterocycles. The standard InChI is InChI=1S/C14H17N3O3/c1-4-19-12-9-7-6-8-11(12)17-10(3)13(15-16-17)14(18)20-5-2/h6-9H,4-5H2,1-3H3. The van der Waals surface area contributed by atoms with Gasteiger partial charge < -0.3 is 9.47 Å². The number of aromatic nitrogens is 3. The molecule has 2 rings (SSSR count). The summed E-state index contributed by atoms with van der Waals surface area (Å²) in [6, 6.07) is 7.47. The van der Waals surface area contributed by atoms with Crippen LogP contribution in [-0.2, 0) is 4.74 Å². The number of carbonyl (C=O) groups excluding carboxylic acids is 1. The van der Waals surface area contributed by atoms with E-state index in [-0.39, 0.29) is 5.69 Å². The van der Waals surface area contributed by atoms with Gasteiger partial charge in [-0.15, -0.1) is 5.10 Å². The van der Waals surface area contributed by atoms with Crippen LogP contribution in [0.25, 0.3) is 5.69 Å². The second-order valence-electron chi connectivity index (χ2n) is 4.06. The molecule has 2 aromatic rings. The molecule has 0 unspecified atom stereocenters. The van der Waals surface area contributed by atoms with Gasteiger partial charge in [-0.1, -0.05) is 17.3 Å². The Labute approximate surface area is 117 Å². The average Bonchev–Trinajstić information content (AvgIpc) is 2.82. The van der Waals surface area contributed by atoms with Crippen molar-refractivity contribution < 1.29 is 14.3 Å². The summed E-state index contributed by atoms with van der Waals surface area (Å²) < 4.78 is 12.1. The predicted molar refractivity (Wildman–Crippen MR) is 73.2 cm³/mol. The van der Waals surface area contributed by atoms with Gasteiger partial charge in [-0.2, -0.15) is 0 Å². The molecule has 0 aliphatic rings. The van der Waals surface area contributed by atoms with Crippen molar-refractivity contribution in [2.45, 2.75) is 20.8 Å². The van der Waals surface area contributed by atoms with Crippen LogP contribution in [0, 0.1) is 6.92 Å². The molecule has 1 aromatic carbocycles. The molecular formula is C14H17N3O3. The molecule has 0 radical (unpaired) electrons. The second kappa shape index (κ2) is 6.18. The zero-order valence-electron chi connectivity index (χ0n) is 11.8. The Hall–Kier alpha value is -2.37. The normalized spacial score (nSPS) is 10.3. The fraction of sp³-hybridized carbons (Fsp3) is 0.357. The first kappa shape index (κ1) is 14.0. The number of hydrogen-bond acceptors (Lipinski definition) is 5. The van der Waals surface area contributed by atoms with Crippen LogP contribution in [0.5, 0.6) is 5.75 Å². The smallest absolute Gasteiger partial charge is 0.360 e. The Morgan fingerprint density at radius 2 is 2.00 bits per heavy atom. The maximum atomic E-state index is 11.8. The Balaban J connectivity index is 2.42. The van der Waals surface area contributed by atoms with Crippen LogP contribution >= 0.6 is 0 Å². The van der Waals surface area contributed by atoms with Crippen molar-refractivity contribution in [3.63, 3.8) is 0 Å². The highest BCUT2D eigenvalue weighted by Crippen LogP contribution is 2.23. The lowest BCUT2D eigenvalue weighted by atomic mass is 10.2. The molecule has 0 saturated carbocycles. The highest BCUT2D eigenvalue weighted by molar-refractivity contribution is 5.88. The fourth-order valence-corrected chi connectivity index (χ4v) is 1.86. The third kappa shape index (κ3) is 2.64. The lowest BCUT2D eigenvalue weighted by Crippen LogP contribution is -2.08. The summed E-state index contributed by atoms with van der Waals surface area (Å²) in [7, 11) is 0.